The number of hydrogen-bond acceptors (Lipinski definition) is 4. The molecule has 0 bridgehead atoms. The van der Waals surface area contributed by atoms with Gasteiger partial charge < -0.3 is 15.1 Å². The van der Waals surface area contributed by atoms with E-state index in [0.29, 0.717) is 5.92 Å². The highest BCUT2D eigenvalue weighted by atomic mass is 16.3. The summed E-state index contributed by atoms with van der Waals surface area (Å²) in [6, 6.07) is 6.01. The largest absolute Gasteiger partial charge is 0.443 e. The second kappa shape index (κ2) is 5.68. The predicted molar refractivity (Wildman–Crippen MR) is 70.2 cm³/mol. The number of benzene rings is 1. The van der Waals surface area contributed by atoms with Crippen LogP contribution >= 0.6 is 0 Å². The maximum atomic E-state index is 5.28. The minimum atomic E-state index is 0.644. The van der Waals surface area contributed by atoms with E-state index >= 15 is 0 Å². The Balaban J connectivity index is 1.97. The fourth-order valence-corrected chi connectivity index (χ4v) is 1.88. The van der Waals surface area contributed by atoms with Crippen LogP contribution in [-0.2, 0) is 0 Å². The Hall–Kier alpha value is -1.55. The Kier molecular flexibility index (Phi) is 3.98. The molecule has 0 aliphatic heterocycles. The molecule has 0 aliphatic rings. The molecule has 17 heavy (non-hydrogen) atoms. The number of fused-ring (bicyclic) bond motifs is 1. The van der Waals surface area contributed by atoms with Gasteiger partial charge in [-0.05, 0) is 31.6 Å². The van der Waals surface area contributed by atoms with E-state index in [0.717, 1.165) is 29.9 Å². The van der Waals surface area contributed by atoms with Gasteiger partial charge in [0.25, 0.3) is 0 Å². The molecule has 0 fully saturated rings. The zero-order valence-electron chi connectivity index (χ0n) is 10.4. The van der Waals surface area contributed by atoms with Gasteiger partial charge in [-0.25, -0.2) is 4.98 Å². The Labute approximate surface area is 101 Å². The minimum absolute atomic E-state index is 0.644. The Morgan fingerprint density at radius 2 is 2.24 bits per heavy atom. The molecule has 1 atom stereocenters. The molecule has 0 aliphatic carbocycles. The molecule has 2 aromatic rings. The summed E-state index contributed by atoms with van der Waals surface area (Å²) in [6.45, 7) is 4.22. The minimum Gasteiger partial charge on any atom is -0.443 e. The monoisotopic (exact) mass is 233 g/mol. The molecule has 1 unspecified atom stereocenters. The number of anilines is 1. The SMILES string of the molecule is CCC(CNC)CNc1ccc2ncoc2c1. The van der Waals surface area contributed by atoms with Gasteiger partial charge in [0.15, 0.2) is 12.0 Å². The number of oxazole rings is 1. The summed E-state index contributed by atoms with van der Waals surface area (Å²) in [7, 11) is 1.99. The van der Waals surface area contributed by atoms with Crippen LogP contribution in [0.15, 0.2) is 29.0 Å². The van der Waals surface area contributed by atoms with E-state index in [9.17, 15) is 0 Å². The van der Waals surface area contributed by atoms with Gasteiger partial charge >= 0.3 is 0 Å². The van der Waals surface area contributed by atoms with Gasteiger partial charge in [0.2, 0.25) is 0 Å². The topological polar surface area (TPSA) is 50.1 Å². The normalized spacial score (nSPS) is 12.8. The zero-order valence-corrected chi connectivity index (χ0v) is 10.4. The van der Waals surface area contributed by atoms with Gasteiger partial charge in [0.1, 0.15) is 5.52 Å². The maximum Gasteiger partial charge on any atom is 0.181 e. The van der Waals surface area contributed by atoms with Crippen molar-refractivity contribution in [1.29, 1.82) is 0 Å². The van der Waals surface area contributed by atoms with Gasteiger partial charge in [-0.15, -0.1) is 0 Å². The van der Waals surface area contributed by atoms with Gasteiger partial charge in [0.05, 0.1) is 0 Å². The number of nitrogens with zero attached hydrogens (tertiary/aromatic N) is 1. The maximum absolute atomic E-state index is 5.28. The van der Waals surface area contributed by atoms with Crippen molar-refractivity contribution in [2.45, 2.75) is 13.3 Å². The lowest BCUT2D eigenvalue weighted by atomic mass is 10.1. The first-order chi connectivity index (χ1) is 8.33. The van der Waals surface area contributed by atoms with Gasteiger partial charge in [-0.1, -0.05) is 13.3 Å². The highest BCUT2D eigenvalue weighted by Crippen LogP contribution is 2.18. The van der Waals surface area contributed by atoms with Crippen LogP contribution in [0.5, 0.6) is 0 Å². The molecule has 4 nitrogen and oxygen atoms in total. The van der Waals surface area contributed by atoms with Crippen molar-refractivity contribution in [1.82, 2.24) is 10.3 Å². The Morgan fingerprint density at radius 3 is 3.00 bits per heavy atom. The molecule has 1 aromatic carbocycles. The van der Waals surface area contributed by atoms with E-state index in [1.165, 1.54) is 12.8 Å². The zero-order chi connectivity index (χ0) is 12.1. The highest BCUT2D eigenvalue weighted by Gasteiger charge is 2.05. The quantitative estimate of drug-likeness (QED) is 0.804. The number of nitrogens with one attached hydrogen (secondary N) is 2. The molecule has 0 saturated carbocycles. The van der Waals surface area contributed by atoms with Crippen LogP contribution in [0.2, 0.25) is 0 Å². The number of aromatic nitrogens is 1. The molecule has 2 rings (SSSR count). The summed E-state index contributed by atoms with van der Waals surface area (Å²) in [4.78, 5) is 4.10. The van der Waals surface area contributed by atoms with Crippen LogP contribution in [-0.4, -0.2) is 25.1 Å². The first-order valence-corrected chi connectivity index (χ1v) is 6.05. The molecule has 92 valence electrons. The van der Waals surface area contributed by atoms with Crippen molar-refractivity contribution in [3.8, 4) is 0 Å². The van der Waals surface area contributed by atoms with Crippen molar-refractivity contribution in [3.05, 3.63) is 24.6 Å². The van der Waals surface area contributed by atoms with Gasteiger partial charge in [0, 0.05) is 18.3 Å². The average molecular weight is 233 g/mol. The van der Waals surface area contributed by atoms with E-state index in [1.807, 2.05) is 25.2 Å². The molecule has 4 heteroatoms. The van der Waals surface area contributed by atoms with Crippen LogP contribution in [0.4, 0.5) is 5.69 Å². The average Bonchev–Trinajstić information content (AvgIpc) is 2.81. The summed E-state index contributed by atoms with van der Waals surface area (Å²) in [6.07, 6.45) is 2.64. The fourth-order valence-electron chi connectivity index (χ4n) is 1.88. The van der Waals surface area contributed by atoms with Gasteiger partial charge in [-0.2, -0.15) is 0 Å². The highest BCUT2D eigenvalue weighted by molar-refractivity contribution is 5.76. The van der Waals surface area contributed by atoms with Crippen LogP contribution in [0.3, 0.4) is 0 Å². The number of hydrogen-bond donors (Lipinski definition) is 2. The molecule has 1 heterocycles. The first kappa shape index (κ1) is 11.9. The van der Waals surface area contributed by atoms with Crippen molar-refractivity contribution in [3.63, 3.8) is 0 Å². The van der Waals surface area contributed by atoms with Crippen molar-refractivity contribution in [2.75, 3.05) is 25.5 Å². The van der Waals surface area contributed by atoms with E-state index in [2.05, 4.69) is 22.5 Å². The van der Waals surface area contributed by atoms with E-state index in [1.54, 1.807) is 0 Å². The summed E-state index contributed by atoms with van der Waals surface area (Å²) >= 11 is 0. The third-order valence-corrected chi connectivity index (χ3v) is 3.00. The fraction of sp³-hybridized carbons (Fsp3) is 0.462. The summed E-state index contributed by atoms with van der Waals surface area (Å²) in [5.74, 6) is 0.644. The summed E-state index contributed by atoms with van der Waals surface area (Å²) in [5, 5.41) is 6.65. The van der Waals surface area contributed by atoms with E-state index < -0.39 is 0 Å². The van der Waals surface area contributed by atoms with Crippen LogP contribution in [0.1, 0.15) is 13.3 Å². The first-order valence-electron chi connectivity index (χ1n) is 6.05. The van der Waals surface area contributed by atoms with Crippen LogP contribution < -0.4 is 10.6 Å². The van der Waals surface area contributed by atoms with E-state index in [4.69, 9.17) is 4.42 Å². The van der Waals surface area contributed by atoms with Crippen molar-refractivity contribution < 1.29 is 4.42 Å². The van der Waals surface area contributed by atoms with Crippen LogP contribution in [0.25, 0.3) is 11.1 Å². The van der Waals surface area contributed by atoms with Crippen molar-refractivity contribution >= 4 is 16.8 Å². The molecule has 2 N–H and O–H groups in total. The molecule has 0 amide bonds. The lowest BCUT2D eigenvalue weighted by Gasteiger charge is -2.15. The molecular formula is C13H19N3O. The van der Waals surface area contributed by atoms with E-state index in [-0.39, 0.29) is 0 Å². The Morgan fingerprint density at radius 1 is 1.35 bits per heavy atom. The Bertz CT molecular complexity index is 466. The third-order valence-electron chi connectivity index (χ3n) is 3.00. The molecule has 0 spiro atoms. The second-order valence-corrected chi connectivity index (χ2v) is 4.25. The number of rotatable bonds is 6. The molecule has 0 radical (unpaired) electrons. The lowest BCUT2D eigenvalue weighted by Crippen LogP contribution is -2.24. The lowest BCUT2D eigenvalue weighted by molar-refractivity contribution is 0.506. The van der Waals surface area contributed by atoms with Crippen molar-refractivity contribution in [2.24, 2.45) is 5.92 Å². The summed E-state index contributed by atoms with van der Waals surface area (Å²) < 4.78 is 5.28. The third kappa shape index (κ3) is 2.97. The van der Waals surface area contributed by atoms with Crippen LogP contribution in [0, 0.1) is 5.92 Å². The standard InChI is InChI=1S/C13H19N3O/c1-3-10(7-14-2)8-15-11-4-5-12-13(6-11)17-9-16-12/h4-6,9-10,14-15H,3,7-8H2,1-2H3. The smallest absolute Gasteiger partial charge is 0.181 e. The molecule has 1 aromatic heterocycles. The van der Waals surface area contributed by atoms with Gasteiger partial charge in [-0.3, -0.25) is 0 Å². The molecule has 0 saturated heterocycles. The molecular weight excluding hydrogens is 214 g/mol. The second-order valence-electron chi connectivity index (χ2n) is 4.25. The predicted octanol–water partition coefficient (Wildman–Crippen LogP) is 2.49. The summed E-state index contributed by atoms with van der Waals surface area (Å²) in [5.41, 5.74) is 2.82.